The number of hydrogen-bond donors (Lipinski definition) is 2. The summed E-state index contributed by atoms with van der Waals surface area (Å²) in [5, 5.41) is 11.8. The molecular weight excluding hydrogens is 507 g/mol. The van der Waals surface area contributed by atoms with Gasteiger partial charge in [0.1, 0.15) is 29.0 Å². The van der Waals surface area contributed by atoms with Crippen LogP contribution >= 0.6 is 0 Å². The van der Waals surface area contributed by atoms with Crippen LogP contribution < -0.4 is 25.2 Å². The fourth-order valence-corrected chi connectivity index (χ4v) is 4.35. The van der Waals surface area contributed by atoms with Crippen molar-refractivity contribution in [1.29, 1.82) is 0 Å². The minimum atomic E-state index is -3.03. The van der Waals surface area contributed by atoms with E-state index < -0.39 is 41.8 Å². The number of aliphatic hydroxyl groups excluding tert-OH is 1. The van der Waals surface area contributed by atoms with E-state index in [1.54, 1.807) is 0 Å². The minimum Gasteiger partial charge on any atom is -0.497 e. The Kier molecular flexibility index (Phi) is 8.01. The Hall–Kier alpha value is -4.32. The van der Waals surface area contributed by atoms with Gasteiger partial charge in [-0.05, 0) is 48.0 Å². The van der Waals surface area contributed by atoms with Crippen molar-refractivity contribution in [2.75, 3.05) is 25.2 Å². The highest BCUT2D eigenvalue weighted by atomic mass is 19.3. The Morgan fingerprint density at radius 3 is 2.47 bits per heavy atom. The molecule has 2 N–H and O–H groups in total. The van der Waals surface area contributed by atoms with Crippen molar-refractivity contribution in [1.82, 2.24) is 9.88 Å². The maximum absolute atomic E-state index is 15.1. The number of benzene rings is 2. The summed E-state index contributed by atoms with van der Waals surface area (Å²) in [7, 11) is 1.38. The van der Waals surface area contributed by atoms with Crippen LogP contribution in [0, 0.1) is 5.82 Å². The van der Waals surface area contributed by atoms with Crippen LogP contribution in [0.2, 0.25) is 0 Å². The first-order valence-corrected chi connectivity index (χ1v) is 11.5. The maximum atomic E-state index is 15.1. The number of anilines is 1. The lowest BCUT2D eigenvalue weighted by Crippen LogP contribution is -2.44. The Bertz CT molecular complexity index is 1380. The van der Waals surface area contributed by atoms with Crippen LogP contribution in [0.5, 0.6) is 11.5 Å². The molecule has 1 aromatic heterocycles. The summed E-state index contributed by atoms with van der Waals surface area (Å²) in [6.45, 7) is -3.43. The van der Waals surface area contributed by atoms with Gasteiger partial charge in [-0.2, -0.15) is 8.78 Å². The van der Waals surface area contributed by atoms with Crippen molar-refractivity contribution in [3.05, 3.63) is 88.1 Å². The summed E-state index contributed by atoms with van der Waals surface area (Å²) in [5.41, 5.74) is -0.350. The van der Waals surface area contributed by atoms with Gasteiger partial charge in [-0.25, -0.2) is 4.39 Å². The number of carbonyl (C=O) groups excluding carboxylic acids is 2. The number of amides is 2. The molecule has 1 aliphatic rings. The van der Waals surface area contributed by atoms with E-state index in [4.69, 9.17) is 4.74 Å². The number of nitrogens with zero attached hydrogens (tertiary/aromatic N) is 2. The van der Waals surface area contributed by atoms with Crippen LogP contribution in [0.1, 0.15) is 21.8 Å². The molecule has 1 saturated heterocycles. The van der Waals surface area contributed by atoms with E-state index >= 15 is 4.39 Å². The predicted molar refractivity (Wildman–Crippen MR) is 130 cm³/mol. The quantitative estimate of drug-likeness (QED) is 0.439. The van der Waals surface area contributed by atoms with Crippen molar-refractivity contribution in [2.45, 2.75) is 25.1 Å². The van der Waals surface area contributed by atoms with Crippen LogP contribution in [0.4, 0.5) is 18.9 Å². The van der Waals surface area contributed by atoms with Crippen molar-refractivity contribution in [3.8, 4) is 11.5 Å². The Balaban J connectivity index is 1.68. The number of aromatic nitrogens is 1. The number of hydrogen-bond acceptors (Lipinski definition) is 6. The third-order valence-corrected chi connectivity index (χ3v) is 6.18. The molecule has 9 nitrogen and oxygen atoms in total. The van der Waals surface area contributed by atoms with Crippen molar-refractivity contribution in [3.63, 3.8) is 0 Å². The molecule has 0 spiro atoms. The van der Waals surface area contributed by atoms with Crippen LogP contribution in [0.3, 0.4) is 0 Å². The zero-order valence-corrected chi connectivity index (χ0v) is 20.1. The molecule has 3 aromatic rings. The molecule has 2 atom stereocenters. The van der Waals surface area contributed by atoms with E-state index in [0.717, 1.165) is 6.07 Å². The standard InChI is InChI=1S/C26H24F3N3O6/c1-37-17-8-9-18(20(27)13-17)19-14-32(21-3-2-10-31(11-12-33)24(21)35)25(36)22(19)30-23(34)15-4-6-16(7-5-15)38-26(28)29/h2-10,13,19,22,26,33H,11-12,14H2,1H3,(H,30,34)/t19-,22-/m0/s1. The van der Waals surface area contributed by atoms with Gasteiger partial charge >= 0.3 is 6.61 Å². The van der Waals surface area contributed by atoms with Crippen LogP contribution in [-0.2, 0) is 11.3 Å². The van der Waals surface area contributed by atoms with Gasteiger partial charge in [0.25, 0.3) is 11.5 Å². The number of nitrogens with one attached hydrogen (secondary N) is 1. The highest BCUT2D eigenvalue weighted by molar-refractivity contribution is 6.05. The number of halogens is 3. The molecule has 1 aliphatic heterocycles. The first-order chi connectivity index (χ1) is 18.2. The van der Waals surface area contributed by atoms with Crippen molar-refractivity contribution < 1.29 is 37.3 Å². The number of pyridine rings is 1. The Morgan fingerprint density at radius 2 is 1.84 bits per heavy atom. The fraction of sp³-hybridized carbons (Fsp3) is 0.269. The number of carbonyl (C=O) groups is 2. The average molecular weight is 531 g/mol. The summed E-state index contributed by atoms with van der Waals surface area (Å²) < 4.78 is 50.5. The molecule has 200 valence electrons. The van der Waals surface area contributed by atoms with Crippen LogP contribution in [0.25, 0.3) is 0 Å². The highest BCUT2D eigenvalue weighted by Gasteiger charge is 2.44. The SMILES string of the molecule is COc1ccc([C@@H]2CN(c3cccn(CCO)c3=O)C(=O)[C@H]2NC(=O)c2ccc(OC(F)F)cc2)c(F)c1. The van der Waals surface area contributed by atoms with Gasteiger partial charge in [0.2, 0.25) is 5.91 Å². The van der Waals surface area contributed by atoms with E-state index in [2.05, 4.69) is 10.1 Å². The monoisotopic (exact) mass is 531 g/mol. The van der Waals surface area contributed by atoms with Gasteiger partial charge in [0.15, 0.2) is 0 Å². The Labute approximate surface area is 215 Å². The molecule has 1 fully saturated rings. The Morgan fingerprint density at radius 1 is 1.13 bits per heavy atom. The van der Waals surface area contributed by atoms with E-state index in [9.17, 15) is 28.3 Å². The van der Waals surface area contributed by atoms with E-state index in [1.165, 1.54) is 71.3 Å². The molecule has 12 heteroatoms. The van der Waals surface area contributed by atoms with Gasteiger partial charge in [0.05, 0.1) is 13.7 Å². The topological polar surface area (TPSA) is 110 Å². The summed E-state index contributed by atoms with van der Waals surface area (Å²) in [5.74, 6) is -2.80. The predicted octanol–water partition coefficient (Wildman–Crippen LogP) is 2.52. The summed E-state index contributed by atoms with van der Waals surface area (Å²) in [4.78, 5) is 40.7. The molecule has 2 heterocycles. The van der Waals surface area contributed by atoms with Crippen LogP contribution in [-0.4, -0.2) is 54.4 Å². The normalized spacial score (nSPS) is 17.1. The molecule has 2 aromatic carbocycles. The average Bonchev–Trinajstić information content (AvgIpc) is 3.20. The van der Waals surface area contributed by atoms with E-state index in [0.29, 0.717) is 0 Å². The summed E-state index contributed by atoms with van der Waals surface area (Å²) >= 11 is 0. The first kappa shape index (κ1) is 26.7. The van der Waals surface area contributed by atoms with Gasteiger partial charge < -0.3 is 29.4 Å². The lowest BCUT2D eigenvalue weighted by Gasteiger charge is -2.19. The second-order valence-electron chi connectivity index (χ2n) is 8.41. The van der Waals surface area contributed by atoms with E-state index in [-0.39, 0.29) is 48.0 Å². The minimum absolute atomic E-state index is 0.00937. The lowest BCUT2D eigenvalue weighted by molar-refractivity contribution is -0.118. The van der Waals surface area contributed by atoms with Crippen molar-refractivity contribution in [2.24, 2.45) is 0 Å². The van der Waals surface area contributed by atoms with Gasteiger partial charge in [-0.3, -0.25) is 14.4 Å². The summed E-state index contributed by atoms with van der Waals surface area (Å²) in [6.07, 6.45) is 1.46. The zero-order chi connectivity index (χ0) is 27.4. The second-order valence-corrected chi connectivity index (χ2v) is 8.41. The highest BCUT2D eigenvalue weighted by Crippen LogP contribution is 2.34. The molecule has 0 aliphatic carbocycles. The number of alkyl halides is 2. The van der Waals surface area contributed by atoms with Gasteiger partial charge in [-0.1, -0.05) is 6.07 Å². The molecule has 4 rings (SSSR count). The molecule has 0 radical (unpaired) electrons. The fourth-order valence-electron chi connectivity index (χ4n) is 4.35. The lowest BCUT2D eigenvalue weighted by atomic mass is 9.93. The molecule has 0 bridgehead atoms. The smallest absolute Gasteiger partial charge is 0.387 e. The number of rotatable bonds is 9. The molecule has 0 unspecified atom stereocenters. The largest absolute Gasteiger partial charge is 0.497 e. The molecule has 0 saturated carbocycles. The number of aliphatic hydroxyl groups is 1. The number of ether oxygens (including phenoxy) is 2. The third-order valence-electron chi connectivity index (χ3n) is 6.18. The maximum Gasteiger partial charge on any atom is 0.387 e. The second kappa shape index (κ2) is 11.4. The van der Waals surface area contributed by atoms with Crippen molar-refractivity contribution >= 4 is 17.5 Å². The van der Waals surface area contributed by atoms with Crippen LogP contribution in [0.15, 0.2) is 65.6 Å². The summed E-state index contributed by atoms with van der Waals surface area (Å²) in [6, 6.07) is 10.7. The first-order valence-electron chi connectivity index (χ1n) is 11.5. The number of methoxy groups -OCH3 is 1. The third kappa shape index (κ3) is 5.49. The van der Waals surface area contributed by atoms with E-state index in [1.807, 2.05) is 0 Å². The molecule has 2 amide bonds. The van der Waals surface area contributed by atoms with Gasteiger partial charge in [0, 0.05) is 36.8 Å². The zero-order valence-electron chi connectivity index (χ0n) is 20.1. The molecular formula is C26H24F3N3O6. The molecule has 38 heavy (non-hydrogen) atoms. The van der Waals surface area contributed by atoms with Gasteiger partial charge in [-0.15, -0.1) is 0 Å².